The number of hydrogen-bond donors (Lipinski definition) is 0. The van der Waals surface area contributed by atoms with Gasteiger partial charge >= 0.3 is 12.4 Å². The van der Waals surface area contributed by atoms with Gasteiger partial charge in [-0.1, -0.05) is 55.5 Å². The number of hydrogen-bond acceptors (Lipinski definition) is 2. The van der Waals surface area contributed by atoms with Crippen LogP contribution in [0.25, 0.3) is 0 Å². The Morgan fingerprint density at radius 3 is 1.69 bits per heavy atom. The van der Waals surface area contributed by atoms with E-state index in [2.05, 4.69) is 4.90 Å². The molecule has 2 aliphatic rings. The van der Waals surface area contributed by atoms with Gasteiger partial charge in [-0.15, -0.1) is 0 Å². The van der Waals surface area contributed by atoms with E-state index in [1.54, 1.807) is 6.07 Å². The highest BCUT2D eigenvalue weighted by molar-refractivity contribution is 5.50. The summed E-state index contributed by atoms with van der Waals surface area (Å²) in [5.74, 6) is 0. The summed E-state index contributed by atoms with van der Waals surface area (Å²) in [6, 6.07) is 15.8. The molecule has 0 amide bonds. The molecule has 2 nitrogen and oxygen atoms in total. The normalized spacial score (nSPS) is 17.7. The lowest BCUT2D eigenvalue weighted by Gasteiger charge is -2.29. The molecule has 2 saturated carbocycles. The SMILES string of the molecule is CC#N.CCN(CCCc1c(C2(C(F)(F)F)CC2)cccc1C1(C(F)(F)F)CC1)Cc1ccccc1. The molecule has 0 aliphatic heterocycles. The van der Waals surface area contributed by atoms with Crippen molar-refractivity contribution in [2.75, 3.05) is 13.1 Å². The predicted molar refractivity (Wildman–Crippen MR) is 127 cm³/mol. The number of nitriles is 1. The van der Waals surface area contributed by atoms with E-state index in [1.807, 2.05) is 37.3 Å². The van der Waals surface area contributed by atoms with Crippen molar-refractivity contribution in [3.63, 3.8) is 0 Å². The number of alkyl halides is 6. The van der Waals surface area contributed by atoms with Crippen LogP contribution in [0.4, 0.5) is 26.3 Å². The van der Waals surface area contributed by atoms with E-state index in [1.165, 1.54) is 25.1 Å². The van der Waals surface area contributed by atoms with Crippen LogP contribution in [0.3, 0.4) is 0 Å². The molecular formula is C28H32F6N2. The first-order valence-corrected chi connectivity index (χ1v) is 12.3. The zero-order chi connectivity index (χ0) is 26.6. The van der Waals surface area contributed by atoms with Gasteiger partial charge < -0.3 is 0 Å². The summed E-state index contributed by atoms with van der Waals surface area (Å²) < 4.78 is 83.7. The Morgan fingerprint density at radius 2 is 1.31 bits per heavy atom. The average Bonchev–Trinajstić information content (AvgIpc) is 3.72. The minimum Gasteiger partial charge on any atom is -0.299 e. The molecule has 0 bridgehead atoms. The maximum atomic E-state index is 14.0. The number of benzene rings is 2. The lowest BCUT2D eigenvalue weighted by atomic mass is 9.81. The van der Waals surface area contributed by atoms with Crippen LogP contribution in [-0.2, 0) is 23.8 Å². The Hall–Kier alpha value is -2.53. The van der Waals surface area contributed by atoms with Gasteiger partial charge in [0.2, 0.25) is 0 Å². The fourth-order valence-corrected chi connectivity index (χ4v) is 5.08. The third kappa shape index (κ3) is 5.72. The number of halogens is 6. The molecule has 8 heteroatoms. The molecule has 2 aromatic carbocycles. The Morgan fingerprint density at radius 1 is 0.833 bits per heavy atom. The van der Waals surface area contributed by atoms with Crippen LogP contribution in [-0.4, -0.2) is 30.3 Å². The molecule has 0 heterocycles. The highest BCUT2D eigenvalue weighted by atomic mass is 19.4. The summed E-state index contributed by atoms with van der Waals surface area (Å²) >= 11 is 0. The van der Waals surface area contributed by atoms with Gasteiger partial charge in [0.05, 0.1) is 16.9 Å². The summed E-state index contributed by atoms with van der Waals surface area (Å²) in [6.45, 7) is 5.50. The molecule has 36 heavy (non-hydrogen) atoms. The molecule has 0 unspecified atom stereocenters. The summed E-state index contributed by atoms with van der Waals surface area (Å²) in [5, 5.41) is 7.32. The standard InChI is InChI=1S/C26H29F6N.C2H3N/c1-2-33(18-19-8-4-3-5-9-19)17-7-10-20-21(23(13-14-23)25(27,28)29)11-6-12-22(20)24(15-16-24)26(30,31)32;1-2-3/h3-6,8-9,11-12H,2,7,10,13-18H2,1H3;1H3. The van der Waals surface area contributed by atoms with Crippen LogP contribution in [0, 0.1) is 11.3 Å². The summed E-state index contributed by atoms with van der Waals surface area (Å²) in [5.41, 5.74) is -2.45. The average molecular weight is 511 g/mol. The highest BCUT2D eigenvalue weighted by Gasteiger charge is 2.67. The minimum atomic E-state index is -4.46. The van der Waals surface area contributed by atoms with Crippen LogP contribution in [0.1, 0.15) is 68.2 Å². The molecule has 0 N–H and O–H groups in total. The van der Waals surface area contributed by atoms with Crippen LogP contribution in [0.15, 0.2) is 48.5 Å². The lowest BCUT2D eigenvalue weighted by molar-refractivity contribution is -0.161. The number of rotatable bonds is 9. The van der Waals surface area contributed by atoms with Crippen molar-refractivity contribution in [1.29, 1.82) is 5.26 Å². The zero-order valence-electron chi connectivity index (χ0n) is 20.6. The lowest BCUT2D eigenvalue weighted by Crippen LogP contribution is -2.34. The van der Waals surface area contributed by atoms with Gasteiger partial charge in [0.25, 0.3) is 0 Å². The van der Waals surface area contributed by atoms with Gasteiger partial charge in [0.1, 0.15) is 0 Å². The van der Waals surface area contributed by atoms with Crippen molar-refractivity contribution in [3.05, 3.63) is 70.8 Å². The fraction of sp³-hybridized carbons (Fsp3) is 0.536. The summed E-state index contributed by atoms with van der Waals surface area (Å²) in [7, 11) is 0. The van der Waals surface area contributed by atoms with Crippen LogP contribution in [0.2, 0.25) is 0 Å². The molecule has 4 rings (SSSR count). The molecule has 2 aromatic rings. The highest BCUT2D eigenvalue weighted by Crippen LogP contribution is 2.63. The van der Waals surface area contributed by atoms with Gasteiger partial charge in [-0.2, -0.15) is 31.6 Å². The Bertz CT molecular complexity index is 996. The van der Waals surface area contributed by atoms with Gasteiger partial charge in [0.15, 0.2) is 0 Å². The van der Waals surface area contributed by atoms with E-state index >= 15 is 0 Å². The maximum Gasteiger partial charge on any atom is 0.398 e. The molecule has 0 atom stereocenters. The molecule has 0 radical (unpaired) electrons. The first kappa shape index (κ1) is 28.0. The van der Waals surface area contributed by atoms with E-state index in [0.29, 0.717) is 19.5 Å². The zero-order valence-corrected chi connectivity index (χ0v) is 20.6. The summed E-state index contributed by atoms with van der Waals surface area (Å²) in [4.78, 5) is 2.17. The Kier molecular flexibility index (Phi) is 8.44. The van der Waals surface area contributed by atoms with Crippen molar-refractivity contribution in [1.82, 2.24) is 4.90 Å². The largest absolute Gasteiger partial charge is 0.398 e. The van der Waals surface area contributed by atoms with E-state index in [-0.39, 0.29) is 48.8 Å². The third-order valence-corrected chi connectivity index (χ3v) is 7.39. The van der Waals surface area contributed by atoms with E-state index in [4.69, 9.17) is 5.26 Å². The second-order valence-corrected chi connectivity index (χ2v) is 9.67. The first-order chi connectivity index (χ1) is 17.0. The fourth-order valence-electron chi connectivity index (χ4n) is 5.08. The third-order valence-electron chi connectivity index (χ3n) is 7.39. The van der Waals surface area contributed by atoms with Gasteiger partial charge in [-0.3, -0.25) is 4.90 Å². The first-order valence-electron chi connectivity index (χ1n) is 12.3. The quantitative estimate of drug-likeness (QED) is 0.321. The van der Waals surface area contributed by atoms with E-state index in [9.17, 15) is 26.3 Å². The number of nitrogens with zero attached hydrogens (tertiary/aromatic N) is 2. The summed E-state index contributed by atoms with van der Waals surface area (Å²) in [6.07, 6.45) is -8.42. The van der Waals surface area contributed by atoms with Crippen LogP contribution >= 0.6 is 0 Å². The maximum absolute atomic E-state index is 14.0. The van der Waals surface area contributed by atoms with Crippen molar-refractivity contribution in [2.24, 2.45) is 0 Å². The molecular weight excluding hydrogens is 478 g/mol. The second-order valence-electron chi connectivity index (χ2n) is 9.67. The van der Waals surface area contributed by atoms with Crippen LogP contribution < -0.4 is 0 Å². The molecule has 0 saturated heterocycles. The van der Waals surface area contributed by atoms with Crippen molar-refractivity contribution >= 4 is 0 Å². The molecule has 2 aliphatic carbocycles. The molecule has 0 spiro atoms. The monoisotopic (exact) mass is 510 g/mol. The predicted octanol–water partition coefficient (Wildman–Crippen LogP) is 7.86. The van der Waals surface area contributed by atoms with Gasteiger partial charge in [0, 0.05) is 13.5 Å². The van der Waals surface area contributed by atoms with Gasteiger partial charge in [-0.25, -0.2) is 0 Å². The van der Waals surface area contributed by atoms with Crippen molar-refractivity contribution in [2.45, 2.75) is 82.1 Å². The van der Waals surface area contributed by atoms with Crippen molar-refractivity contribution in [3.8, 4) is 6.07 Å². The topological polar surface area (TPSA) is 27.0 Å². The van der Waals surface area contributed by atoms with E-state index < -0.39 is 23.2 Å². The van der Waals surface area contributed by atoms with Crippen LogP contribution in [0.5, 0.6) is 0 Å². The van der Waals surface area contributed by atoms with E-state index in [0.717, 1.165) is 12.1 Å². The van der Waals surface area contributed by atoms with Crippen molar-refractivity contribution < 1.29 is 26.3 Å². The van der Waals surface area contributed by atoms with Gasteiger partial charge in [-0.05, 0) is 73.9 Å². The molecule has 0 aromatic heterocycles. The smallest absolute Gasteiger partial charge is 0.299 e. The molecule has 2 fully saturated rings. The minimum absolute atomic E-state index is 0.0545. The second kappa shape index (κ2) is 10.8. The Balaban J connectivity index is 0.00000115. The Labute approximate surface area is 208 Å². The molecule has 196 valence electrons.